The van der Waals surface area contributed by atoms with Gasteiger partial charge >= 0.3 is 6.03 Å². The third-order valence-electron chi connectivity index (χ3n) is 1.44. The van der Waals surface area contributed by atoms with Crippen LogP contribution < -0.4 is 11.1 Å². The number of amides is 2. The minimum atomic E-state index is -0.403. The highest BCUT2D eigenvalue weighted by atomic mass is 16.2. The molecule has 0 saturated heterocycles. The van der Waals surface area contributed by atoms with Gasteiger partial charge in [-0.05, 0) is 12.3 Å². The second-order valence-electron chi connectivity index (χ2n) is 2.33. The van der Waals surface area contributed by atoms with Crippen molar-refractivity contribution >= 4 is 6.03 Å². The van der Waals surface area contributed by atoms with Crippen LogP contribution >= 0.6 is 0 Å². The van der Waals surface area contributed by atoms with Gasteiger partial charge in [-0.2, -0.15) is 0 Å². The highest BCUT2D eigenvalue weighted by Gasteiger charge is 2.33. The lowest BCUT2D eigenvalue weighted by Crippen LogP contribution is -2.31. The molecule has 1 aliphatic rings. The Balaban J connectivity index is 2.14. The van der Waals surface area contributed by atoms with Crippen molar-refractivity contribution in [3.05, 3.63) is 0 Å². The maximum Gasteiger partial charge on any atom is 0.312 e. The van der Waals surface area contributed by atoms with E-state index in [1.165, 1.54) is 0 Å². The van der Waals surface area contributed by atoms with E-state index in [4.69, 9.17) is 5.73 Å². The van der Waals surface area contributed by atoms with Crippen LogP contribution in [0.2, 0.25) is 0 Å². The number of nitrogens with two attached hydrogens (primary N) is 1. The number of hydrogen-bond acceptors (Lipinski definition) is 1. The van der Waals surface area contributed by atoms with E-state index in [1.54, 1.807) is 0 Å². The van der Waals surface area contributed by atoms with Crippen LogP contribution in [0.5, 0.6) is 0 Å². The van der Waals surface area contributed by atoms with Crippen molar-refractivity contribution in [3.63, 3.8) is 0 Å². The molecule has 3 heteroatoms. The monoisotopic (exact) mass is 114 g/mol. The van der Waals surface area contributed by atoms with E-state index in [0.29, 0.717) is 12.0 Å². The van der Waals surface area contributed by atoms with Crippen LogP contribution in [-0.4, -0.2) is 12.1 Å². The maximum absolute atomic E-state index is 10.1. The second kappa shape index (κ2) is 1.65. The molecule has 0 heterocycles. The number of nitrogens with one attached hydrogen (secondary N) is 1. The molecule has 0 radical (unpaired) electrons. The molecule has 1 unspecified atom stereocenters. The number of rotatable bonds is 1. The van der Waals surface area contributed by atoms with E-state index in [1.807, 2.05) is 0 Å². The second-order valence-corrected chi connectivity index (χ2v) is 2.33. The number of hydrogen-bond donors (Lipinski definition) is 2. The largest absolute Gasteiger partial charge is 0.352 e. The van der Waals surface area contributed by atoms with Crippen molar-refractivity contribution in [2.24, 2.45) is 11.7 Å². The molecule has 2 amide bonds. The average molecular weight is 114 g/mol. The molecular weight excluding hydrogens is 104 g/mol. The Morgan fingerprint density at radius 3 is 2.50 bits per heavy atom. The first kappa shape index (κ1) is 5.41. The van der Waals surface area contributed by atoms with Gasteiger partial charge in [0, 0.05) is 6.04 Å². The summed E-state index contributed by atoms with van der Waals surface area (Å²) >= 11 is 0. The number of urea groups is 1. The van der Waals surface area contributed by atoms with E-state index >= 15 is 0 Å². The Morgan fingerprint density at radius 2 is 2.38 bits per heavy atom. The molecule has 0 aromatic rings. The third-order valence-corrected chi connectivity index (χ3v) is 1.44. The number of carbonyl (C=O) groups is 1. The fraction of sp³-hybridized carbons (Fsp3) is 0.800. The Hall–Kier alpha value is -0.730. The van der Waals surface area contributed by atoms with Crippen LogP contribution in [0, 0.1) is 5.92 Å². The van der Waals surface area contributed by atoms with Gasteiger partial charge in [-0.3, -0.25) is 0 Å². The van der Waals surface area contributed by atoms with Gasteiger partial charge in [-0.15, -0.1) is 0 Å². The fourth-order valence-electron chi connectivity index (χ4n) is 0.706. The summed E-state index contributed by atoms with van der Waals surface area (Å²) in [6.45, 7) is 2.08. The molecule has 1 saturated carbocycles. The quantitative estimate of drug-likeness (QED) is 0.497. The van der Waals surface area contributed by atoms with Gasteiger partial charge in [0.2, 0.25) is 0 Å². The first-order valence-electron chi connectivity index (χ1n) is 2.76. The molecule has 8 heavy (non-hydrogen) atoms. The van der Waals surface area contributed by atoms with Crippen LogP contribution in [0.4, 0.5) is 4.79 Å². The first-order valence-corrected chi connectivity index (χ1v) is 2.76. The molecule has 0 bridgehead atoms. The van der Waals surface area contributed by atoms with E-state index in [0.717, 1.165) is 6.42 Å². The Labute approximate surface area is 48.2 Å². The van der Waals surface area contributed by atoms with Crippen molar-refractivity contribution in [2.45, 2.75) is 19.4 Å². The fourth-order valence-corrected chi connectivity index (χ4v) is 0.706. The van der Waals surface area contributed by atoms with E-state index in [9.17, 15) is 4.79 Å². The molecule has 2 atom stereocenters. The van der Waals surface area contributed by atoms with Crippen molar-refractivity contribution in [2.75, 3.05) is 0 Å². The predicted molar refractivity (Wildman–Crippen MR) is 30.3 cm³/mol. The summed E-state index contributed by atoms with van der Waals surface area (Å²) in [5.41, 5.74) is 4.85. The topological polar surface area (TPSA) is 55.1 Å². The van der Waals surface area contributed by atoms with Gasteiger partial charge < -0.3 is 11.1 Å². The van der Waals surface area contributed by atoms with Crippen LogP contribution in [0.15, 0.2) is 0 Å². The van der Waals surface area contributed by atoms with Crippen molar-refractivity contribution in [1.82, 2.24) is 5.32 Å². The highest BCUT2D eigenvalue weighted by molar-refractivity contribution is 5.72. The zero-order valence-electron chi connectivity index (χ0n) is 4.85. The minimum absolute atomic E-state index is 0.368. The zero-order chi connectivity index (χ0) is 6.15. The molecule has 1 fully saturated rings. The summed E-state index contributed by atoms with van der Waals surface area (Å²) in [6.07, 6.45) is 1.09. The molecule has 1 aliphatic carbocycles. The normalized spacial score (nSPS) is 34.1. The van der Waals surface area contributed by atoms with Crippen molar-refractivity contribution in [1.29, 1.82) is 0 Å². The van der Waals surface area contributed by atoms with Gasteiger partial charge in [0.05, 0.1) is 0 Å². The molecule has 0 spiro atoms. The van der Waals surface area contributed by atoms with Crippen molar-refractivity contribution in [3.8, 4) is 0 Å². The molecule has 46 valence electrons. The Morgan fingerprint density at radius 1 is 1.88 bits per heavy atom. The molecular formula is C5H10N2O. The molecule has 3 N–H and O–H groups in total. The van der Waals surface area contributed by atoms with Crippen LogP contribution in [0.25, 0.3) is 0 Å². The van der Waals surface area contributed by atoms with Crippen LogP contribution in [0.1, 0.15) is 13.3 Å². The minimum Gasteiger partial charge on any atom is -0.352 e. The van der Waals surface area contributed by atoms with E-state index in [-0.39, 0.29) is 0 Å². The van der Waals surface area contributed by atoms with Gasteiger partial charge in [-0.25, -0.2) is 4.79 Å². The van der Waals surface area contributed by atoms with Gasteiger partial charge in [0.1, 0.15) is 0 Å². The predicted octanol–water partition coefficient (Wildman–Crippen LogP) is 0.0631. The molecule has 0 aliphatic heterocycles. The third kappa shape index (κ3) is 1.12. The van der Waals surface area contributed by atoms with E-state index in [2.05, 4.69) is 12.2 Å². The Kier molecular flexibility index (Phi) is 1.12. The van der Waals surface area contributed by atoms with E-state index < -0.39 is 6.03 Å². The molecule has 3 nitrogen and oxygen atoms in total. The SMILES string of the molecule is C[C@@H]1CC1NC(N)=O. The zero-order valence-corrected chi connectivity index (χ0v) is 4.85. The summed E-state index contributed by atoms with van der Waals surface area (Å²) < 4.78 is 0. The summed E-state index contributed by atoms with van der Waals surface area (Å²) in [5.74, 6) is 0.641. The lowest BCUT2D eigenvalue weighted by atomic mass is 10.5. The summed E-state index contributed by atoms with van der Waals surface area (Å²) in [6, 6.07) is -0.0353. The van der Waals surface area contributed by atoms with Crippen molar-refractivity contribution < 1.29 is 4.79 Å². The standard InChI is InChI=1S/C5H10N2O/c1-3-2-4(3)7-5(6)8/h3-4H,2H2,1H3,(H3,6,7,8)/t3-,4?/m1/s1. The lowest BCUT2D eigenvalue weighted by Gasteiger charge is -1.94. The molecule has 1 rings (SSSR count). The Bertz CT molecular complexity index is 113. The van der Waals surface area contributed by atoms with Gasteiger partial charge in [-0.1, -0.05) is 6.92 Å². The van der Waals surface area contributed by atoms with Crippen LogP contribution in [-0.2, 0) is 0 Å². The first-order chi connectivity index (χ1) is 3.70. The molecule has 0 aromatic heterocycles. The summed E-state index contributed by atoms with van der Waals surface area (Å²) in [5, 5.41) is 2.61. The summed E-state index contributed by atoms with van der Waals surface area (Å²) in [4.78, 5) is 10.1. The average Bonchev–Trinajstić information content (AvgIpc) is 2.17. The summed E-state index contributed by atoms with van der Waals surface area (Å²) in [7, 11) is 0. The number of carbonyl (C=O) groups excluding carboxylic acids is 1. The lowest BCUT2D eigenvalue weighted by molar-refractivity contribution is 0.248. The smallest absolute Gasteiger partial charge is 0.312 e. The van der Waals surface area contributed by atoms with Crippen LogP contribution in [0.3, 0.4) is 0 Å². The highest BCUT2D eigenvalue weighted by Crippen LogP contribution is 2.28. The van der Waals surface area contributed by atoms with Gasteiger partial charge in [0.15, 0.2) is 0 Å². The van der Waals surface area contributed by atoms with Gasteiger partial charge in [0.25, 0.3) is 0 Å². The molecule has 0 aromatic carbocycles. The number of primary amides is 1. The maximum atomic E-state index is 10.1.